The Morgan fingerprint density at radius 1 is 1.64 bits per heavy atom. The maximum absolute atomic E-state index is 5.41. The second-order valence-electron chi connectivity index (χ2n) is 3.52. The molecule has 0 aromatic carbocycles. The van der Waals surface area contributed by atoms with Crippen molar-refractivity contribution in [2.24, 2.45) is 0 Å². The zero-order chi connectivity index (χ0) is 9.97. The lowest BCUT2D eigenvalue weighted by Crippen LogP contribution is -2.34. The van der Waals surface area contributed by atoms with Crippen molar-refractivity contribution in [1.29, 1.82) is 0 Å². The van der Waals surface area contributed by atoms with Crippen LogP contribution in [0.2, 0.25) is 0 Å². The van der Waals surface area contributed by atoms with Gasteiger partial charge in [-0.2, -0.15) is 0 Å². The van der Waals surface area contributed by atoms with E-state index in [0.717, 1.165) is 24.9 Å². The van der Waals surface area contributed by atoms with E-state index in [4.69, 9.17) is 4.74 Å². The molecule has 1 aliphatic rings. The van der Waals surface area contributed by atoms with E-state index >= 15 is 0 Å². The van der Waals surface area contributed by atoms with Crippen molar-refractivity contribution in [2.45, 2.75) is 6.04 Å². The van der Waals surface area contributed by atoms with Crippen LogP contribution in [0.3, 0.4) is 0 Å². The molecule has 0 radical (unpaired) electrons. The monoisotopic (exact) mass is 213 g/mol. The Balaban J connectivity index is 2.07. The third-order valence-electron chi connectivity index (χ3n) is 2.16. The zero-order valence-electron chi connectivity index (χ0n) is 8.49. The second kappa shape index (κ2) is 4.25. The predicted molar refractivity (Wildman–Crippen MR) is 58.0 cm³/mol. The average Bonchev–Trinajstić information content (AvgIpc) is 2.68. The van der Waals surface area contributed by atoms with Crippen LogP contribution in [0.4, 0.5) is 5.13 Å². The average molecular weight is 213 g/mol. The van der Waals surface area contributed by atoms with Crippen molar-refractivity contribution < 1.29 is 4.74 Å². The van der Waals surface area contributed by atoms with E-state index in [2.05, 4.69) is 10.3 Å². The van der Waals surface area contributed by atoms with Crippen LogP contribution in [0.5, 0.6) is 0 Å². The van der Waals surface area contributed by atoms with Gasteiger partial charge in [0.2, 0.25) is 0 Å². The number of morpholine rings is 1. The van der Waals surface area contributed by atoms with Gasteiger partial charge in [0.05, 0.1) is 19.3 Å². The van der Waals surface area contributed by atoms with E-state index < -0.39 is 0 Å². The number of rotatable bonds is 2. The lowest BCUT2D eigenvalue weighted by Gasteiger charge is -2.22. The molecule has 1 atom stereocenters. The smallest absolute Gasteiger partial charge is 0.185 e. The predicted octanol–water partition coefficient (Wildman–Crippen LogP) is 0.870. The number of nitrogens with zero attached hydrogens (tertiary/aromatic N) is 2. The Kier molecular flexibility index (Phi) is 3.00. The third-order valence-corrected chi connectivity index (χ3v) is 3.44. The van der Waals surface area contributed by atoms with Crippen LogP contribution in [0.25, 0.3) is 0 Å². The molecule has 4 nitrogen and oxygen atoms in total. The van der Waals surface area contributed by atoms with Crippen LogP contribution in [-0.2, 0) is 4.74 Å². The van der Waals surface area contributed by atoms with Gasteiger partial charge >= 0.3 is 0 Å². The standard InChI is InChI=1S/C9H15N3OS/c1-12(2)9-11-5-8(14-9)7-6-13-4-3-10-7/h5,7,10H,3-4,6H2,1-2H3. The number of aromatic nitrogens is 1. The van der Waals surface area contributed by atoms with Crippen LogP contribution >= 0.6 is 11.3 Å². The molecule has 1 aromatic rings. The Morgan fingerprint density at radius 3 is 3.07 bits per heavy atom. The van der Waals surface area contributed by atoms with Gasteiger partial charge in [-0.1, -0.05) is 0 Å². The Morgan fingerprint density at radius 2 is 2.50 bits per heavy atom. The van der Waals surface area contributed by atoms with E-state index in [1.807, 2.05) is 25.2 Å². The van der Waals surface area contributed by atoms with E-state index in [9.17, 15) is 0 Å². The molecule has 0 spiro atoms. The molecule has 14 heavy (non-hydrogen) atoms. The molecule has 0 saturated carbocycles. The molecule has 1 fully saturated rings. The molecular formula is C9H15N3OS. The van der Waals surface area contributed by atoms with Crippen LogP contribution in [0, 0.1) is 0 Å². The molecular weight excluding hydrogens is 198 g/mol. The van der Waals surface area contributed by atoms with Crippen LogP contribution < -0.4 is 10.2 Å². The summed E-state index contributed by atoms with van der Waals surface area (Å²) in [6, 6.07) is 0.329. The minimum Gasteiger partial charge on any atom is -0.378 e. The Bertz CT molecular complexity index is 294. The fourth-order valence-electron chi connectivity index (χ4n) is 1.39. The van der Waals surface area contributed by atoms with E-state index in [-0.39, 0.29) is 0 Å². The molecule has 1 aromatic heterocycles. The normalized spacial score (nSPS) is 22.3. The SMILES string of the molecule is CN(C)c1ncc(C2COCCN2)s1. The van der Waals surface area contributed by atoms with Gasteiger partial charge in [-0.25, -0.2) is 4.98 Å². The maximum atomic E-state index is 5.41. The summed E-state index contributed by atoms with van der Waals surface area (Å²) in [6.07, 6.45) is 1.94. The fraction of sp³-hybridized carbons (Fsp3) is 0.667. The quantitative estimate of drug-likeness (QED) is 0.791. The molecule has 1 saturated heterocycles. The number of hydrogen-bond acceptors (Lipinski definition) is 5. The molecule has 0 amide bonds. The zero-order valence-corrected chi connectivity index (χ0v) is 9.30. The van der Waals surface area contributed by atoms with Crippen molar-refractivity contribution in [2.75, 3.05) is 38.8 Å². The Labute approximate surface area is 87.9 Å². The van der Waals surface area contributed by atoms with Gasteiger partial charge < -0.3 is 15.0 Å². The van der Waals surface area contributed by atoms with Crippen molar-refractivity contribution in [3.05, 3.63) is 11.1 Å². The van der Waals surface area contributed by atoms with Crippen LogP contribution in [0.15, 0.2) is 6.20 Å². The molecule has 5 heteroatoms. The number of hydrogen-bond donors (Lipinski definition) is 1. The molecule has 1 N–H and O–H groups in total. The van der Waals surface area contributed by atoms with E-state index in [0.29, 0.717) is 6.04 Å². The molecule has 1 unspecified atom stereocenters. The largest absolute Gasteiger partial charge is 0.378 e. The third kappa shape index (κ3) is 2.05. The topological polar surface area (TPSA) is 37.4 Å². The van der Waals surface area contributed by atoms with Gasteiger partial charge in [-0.15, -0.1) is 11.3 Å². The molecule has 78 valence electrons. The van der Waals surface area contributed by atoms with Crippen molar-refractivity contribution in [3.8, 4) is 0 Å². The number of ether oxygens (including phenoxy) is 1. The first-order valence-electron chi connectivity index (χ1n) is 4.71. The Hall–Kier alpha value is -0.650. The van der Waals surface area contributed by atoms with Crippen molar-refractivity contribution in [1.82, 2.24) is 10.3 Å². The first-order valence-corrected chi connectivity index (χ1v) is 5.53. The molecule has 2 rings (SSSR count). The summed E-state index contributed by atoms with van der Waals surface area (Å²) in [7, 11) is 4.01. The van der Waals surface area contributed by atoms with Gasteiger partial charge in [0.1, 0.15) is 0 Å². The summed E-state index contributed by atoms with van der Waals surface area (Å²) >= 11 is 1.72. The number of thiazole rings is 1. The summed E-state index contributed by atoms with van der Waals surface area (Å²) in [5, 5.41) is 4.46. The number of anilines is 1. The maximum Gasteiger partial charge on any atom is 0.185 e. The van der Waals surface area contributed by atoms with Gasteiger partial charge in [0.25, 0.3) is 0 Å². The summed E-state index contributed by atoms with van der Waals surface area (Å²) in [5.74, 6) is 0. The molecule has 1 aliphatic heterocycles. The molecule has 2 heterocycles. The lowest BCUT2D eigenvalue weighted by atomic mass is 10.2. The fourth-order valence-corrected chi connectivity index (χ4v) is 2.29. The molecule has 0 bridgehead atoms. The first kappa shape index (κ1) is 9.89. The summed E-state index contributed by atoms with van der Waals surface area (Å²) < 4.78 is 5.41. The summed E-state index contributed by atoms with van der Waals surface area (Å²) in [5.41, 5.74) is 0. The van der Waals surface area contributed by atoms with Gasteiger partial charge in [-0.3, -0.25) is 0 Å². The molecule has 0 aliphatic carbocycles. The summed E-state index contributed by atoms with van der Waals surface area (Å²) in [4.78, 5) is 7.62. The highest BCUT2D eigenvalue weighted by atomic mass is 32.1. The van der Waals surface area contributed by atoms with E-state index in [1.54, 1.807) is 11.3 Å². The highest BCUT2D eigenvalue weighted by molar-refractivity contribution is 7.15. The minimum absolute atomic E-state index is 0.329. The minimum atomic E-state index is 0.329. The lowest BCUT2D eigenvalue weighted by molar-refractivity contribution is 0.0778. The highest BCUT2D eigenvalue weighted by Gasteiger charge is 2.18. The van der Waals surface area contributed by atoms with Gasteiger partial charge in [0, 0.05) is 31.7 Å². The second-order valence-corrected chi connectivity index (χ2v) is 4.56. The van der Waals surface area contributed by atoms with Gasteiger partial charge in [-0.05, 0) is 0 Å². The van der Waals surface area contributed by atoms with Crippen LogP contribution in [-0.4, -0.2) is 38.8 Å². The van der Waals surface area contributed by atoms with Crippen molar-refractivity contribution >= 4 is 16.5 Å². The van der Waals surface area contributed by atoms with Crippen molar-refractivity contribution in [3.63, 3.8) is 0 Å². The van der Waals surface area contributed by atoms with Crippen LogP contribution in [0.1, 0.15) is 10.9 Å². The van der Waals surface area contributed by atoms with E-state index in [1.165, 1.54) is 4.88 Å². The highest BCUT2D eigenvalue weighted by Crippen LogP contribution is 2.26. The van der Waals surface area contributed by atoms with Gasteiger partial charge in [0.15, 0.2) is 5.13 Å². The summed E-state index contributed by atoms with van der Waals surface area (Å²) in [6.45, 7) is 2.50. The first-order chi connectivity index (χ1) is 6.77. The number of nitrogens with one attached hydrogen (secondary N) is 1.